The molecular weight excluding hydrogens is 336 g/mol. The van der Waals surface area contributed by atoms with Crippen molar-refractivity contribution >= 4 is 23.3 Å². The lowest BCUT2D eigenvalue weighted by atomic mass is 10.0. The van der Waals surface area contributed by atoms with Crippen molar-refractivity contribution in [2.45, 2.75) is 25.9 Å². The molecule has 1 atom stereocenters. The number of benzene rings is 2. The summed E-state index contributed by atoms with van der Waals surface area (Å²) in [6.45, 7) is 2.33. The maximum absolute atomic E-state index is 12.3. The van der Waals surface area contributed by atoms with Gasteiger partial charge in [-0.15, -0.1) is 0 Å². The molecule has 2 aromatic rings. The molecule has 0 aliphatic carbocycles. The molecule has 0 saturated carbocycles. The molecule has 1 amide bonds. The first-order valence-corrected chi connectivity index (χ1v) is 8.58. The van der Waals surface area contributed by atoms with E-state index in [1.165, 1.54) is 6.92 Å². The van der Waals surface area contributed by atoms with Crippen LogP contribution in [0.25, 0.3) is 0 Å². The third kappa shape index (κ3) is 6.69. The minimum Gasteiger partial charge on any atom is -0.345 e. The maximum atomic E-state index is 12.3. The Morgan fingerprint density at radius 2 is 1.76 bits per heavy atom. The highest BCUT2D eigenvalue weighted by molar-refractivity contribution is 6.30. The topological polar surface area (TPSA) is 49.4 Å². The molecule has 5 heteroatoms. The van der Waals surface area contributed by atoms with Crippen molar-refractivity contribution in [2.75, 3.05) is 13.6 Å². The molecule has 0 aliphatic rings. The van der Waals surface area contributed by atoms with Gasteiger partial charge in [-0.1, -0.05) is 54.1 Å². The maximum Gasteiger partial charge on any atom is 0.234 e. The number of likely N-dealkylation sites (N-methyl/N-ethyl adjacent to an activating group) is 1. The summed E-state index contributed by atoms with van der Waals surface area (Å²) in [6.07, 6.45) is 0.500. The lowest BCUT2D eigenvalue weighted by Crippen LogP contribution is -2.45. The Morgan fingerprint density at radius 1 is 1.08 bits per heavy atom. The molecular formula is C20H23ClN2O2. The van der Waals surface area contributed by atoms with Crippen LogP contribution in [0.2, 0.25) is 5.02 Å². The van der Waals surface area contributed by atoms with Crippen LogP contribution in [0, 0.1) is 0 Å². The number of rotatable bonds is 8. The van der Waals surface area contributed by atoms with E-state index in [0.29, 0.717) is 18.0 Å². The van der Waals surface area contributed by atoms with Gasteiger partial charge in [0, 0.05) is 11.6 Å². The van der Waals surface area contributed by atoms with Gasteiger partial charge in [-0.25, -0.2) is 0 Å². The van der Waals surface area contributed by atoms with E-state index in [-0.39, 0.29) is 18.2 Å². The van der Waals surface area contributed by atoms with Crippen molar-refractivity contribution in [3.8, 4) is 0 Å². The number of halogens is 1. The second kappa shape index (κ2) is 9.35. The highest BCUT2D eigenvalue weighted by atomic mass is 35.5. The smallest absolute Gasteiger partial charge is 0.234 e. The summed E-state index contributed by atoms with van der Waals surface area (Å²) in [7, 11) is 1.86. The van der Waals surface area contributed by atoms with Crippen LogP contribution in [0.4, 0.5) is 0 Å². The van der Waals surface area contributed by atoms with Gasteiger partial charge in [-0.05, 0) is 43.7 Å². The molecule has 2 rings (SSSR count). The Morgan fingerprint density at radius 3 is 2.40 bits per heavy atom. The molecule has 0 bridgehead atoms. The molecule has 132 valence electrons. The predicted molar refractivity (Wildman–Crippen MR) is 101 cm³/mol. The van der Waals surface area contributed by atoms with Gasteiger partial charge in [0.05, 0.1) is 12.6 Å². The van der Waals surface area contributed by atoms with E-state index >= 15 is 0 Å². The van der Waals surface area contributed by atoms with Gasteiger partial charge in [-0.2, -0.15) is 0 Å². The average molecular weight is 359 g/mol. The quantitative estimate of drug-likeness (QED) is 0.789. The summed E-state index contributed by atoms with van der Waals surface area (Å²) >= 11 is 5.98. The molecule has 0 spiro atoms. The average Bonchev–Trinajstić information content (AvgIpc) is 2.54. The Labute approximate surface area is 153 Å². The van der Waals surface area contributed by atoms with Crippen LogP contribution in [0.15, 0.2) is 54.6 Å². The third-order valence-electron chi connectivity index (χ3n) is 3.86. The Hall–Kier alpha value is -2.17. The number of hydrogen-bond acceptors (Lipinski definition) is 3. The van der Waals surface area contributed by atoms with Crippen LogP contribution in [0.5, 0.6) is 0 Å². The van der Waals surface area contributed by atoms with Gasteiger partial charge in [0.25, 0.3) is 0 Å². The molecule has 2 aromatic carbocycles. The fourth-order valence-corrected chi connectivity index (χ4v) is 2.85. The number of nitrogens with zero attached hydrogens (tertiary/aromatic N) is 1. The Bertz CT molecular complexity index is 719. The lowest BCUT2D eigenvalue weighted by molar-refractivity contribution is -0.127. The van der Waals surface area contributed by atoms with Gasteiger partial charge in [0.2, 0.25) is 5.91 Å². The summed E-state index contributed by atoms with van der Waals surface area (Å²) < 4.78 is 0. The van der Waals surface area contributed by atoms with Crippen LogP contribution in [-0.4, -0.2) is 36.2 Å². The molecule has 0 aliphatic heterocycles. The van der Waals surface area contributed by atoms with E-state index in [1.54, 1.807) is 0 Å². The standard InChI is InChI=1S/C20H23ClN2O2/c1-15(24)19(12-16-7-4-3-5-8-16)22-20(25)14-23(2)13-17-9-6-10-18(21)11-17/h3-11,19H,12-14H2,1-2H3,(H,22,25)/t19-/m0/s1. The van der Waals surface area contributed by atoms with E-state index in [2.05, 4.69) is 5.32 Å². The summed E-state index contributed by atoms with van der Waals surface area (Å²) in [5.74, 6) is -0.213. The molecule has 0 aromatic heterocycles. The lowest BCUT2D eigenvalue weighted by Gasteiger charge is -2.20. The molecule has 0 unspecified atom stereocenters. The number of Topliss-reactive ketones (excluding diaryl/α,β-unsaturated/α-hetero) is 1. The highest BCUT2D eigenvalue weighted by Crippen LogP contribution is 2.12. The summed E-state index contributed by atoms with van der Waals surface area (Å²) in [5.41, 5.74) is 2.06. The van der Waals surface area contributed by atoms with Crippen molar-refractivity contribution in [1.82, 2.24) is 10.2 Å². The Kier molecular flexibility index (Phi) is 7.16. The van der Waals surface area contributed by atoms with Crippen LogP contribution in [-0.2, 0) is 22.6 Å². The van der Waals surface area contributed by atoms with E-state index in [4.69, 9.17) is 11.6 Å². The summed E-state index contributed by atoms with van der Waals surface area (Å²) in [5, 5.41) is 3.51. The first-order chi connectivity index (χ1) is 11.9. The number of nitrogens with one attached hydrogen (secondary N) is 1. The van der Waals surface area contributed by atoms with E-state index in [9.17, 15) is 9.59 Å². The largest absolute Gasteiger partial charge is 0.345 e. The van der Waals surface area contributed by atoms with Crippen molar-refractivity contribution in [2.24, 2.45) is 0 Å². The zero-order chi connectivity index (χ0) is 18.2. The SMILES string of the molecule is CC(=O)[C@H](Cc1ccccc1)NC(=O)CN(C)Cc1cccc(Cl)c1. The molecule has 0 radical (unpaired) electrons. The van der Waals surface area contributed by atoms with Gasteiger partial charge in [-0.3, -0.25) is 14.5 Å². The summed E-state index contributed by atoms with van der Waals surface area (Å²) in [4.78, 5) is 26.0. The van der Waals surface area contributed by atoms with Crippen molar-refractivity contribution in [3.63, 3.8) is 0 Å². The first-order valence-electron chi connectivity index (χ1n) is 8.21. The van der Waals surface area contributed by atoms with Gasteiger partial charge >= 0.3 is 0 Å². The van der Waals surface area contributed by atoms with Crippen LogP contribution >= 0.6 is 11.6 Å². The molecule has 0 fully saturated rings. The minimum atomic E-state index is -0.505. The molecule has 4 nitrogen and oxygen atoms in total. The predicted octanol–water partition coefficient (Wildman–Crippen LogP) is 3.09. The fourth-order valence-electron chi connectivity index (χ4n) is 2.63. The van der Waals surface area contributed by atoms with Gasteiger partial charge in [0.1, 0.15) is 0 Å². The van der Waals surface area contributed by atoms with Gasteiger partial charge < -0.3 is 5.32 Å². The number of amides is 1. The fraction of sp³-hybridized carbons (Fsp3) is 0.300. The number of ketones is 1. The van der Waals surface area contributed by atoms with E-state index in [1.807, 2.05) is 66.5 Å². The van der Waals surface area contributed by atoms with Crippen molar-refractivity contribution in [3.05, 3.63) is 70.7 Å². The van der Waals surface area contributed by atoms with Crippen molar-refractivity contribution in [1.29, 1.82) is 0 Å². The molecule has 0 saturated heterocycles. The highest BCUT2D eigenvalue weighted by Gasteiger charge is 2.18. The van der Waals surface area contributed by atoms with E-state index < -0.39 is 6.04 Å². The van der Waals surface area contributed by atoms with Gasteiger partial charge in [0.15, 0.2) is 5.78 Å². The Balaban J connectivity index is 1.89. The van der Waals surface area contributed by atoms with E-state index in [0.717, 1.165) is 11.1 Å². The molecule has 1 N–H and O–H groups in total. The second-order valence-corrected chi connectivity index (χ2v) is 6.66. The van der Waals surface area contributed by atoms with Crippen LogP contribution in [0.1, 0.15) is 18.1 Å². The van der Waals surface area contributed by atoms with Crippen LogP contribution < -0.4 is 5.32 Å². The second-order valence-electron chi connectivity index (χ2n) is 6.22. The third-order valence-corrected chi connectivity index (χ3v) is 4.10. The normalized spacial score (nSPS) is 12.0. The van der Waals surface area contributed by atoms with Crippen molar-refractivity contribution < 1.29 is 9.59 Å². The zero-order valence-corrected chi connectivity index (χ0v) is 15.3. The molecule has 25 heavy (non-hydrogen) atoms. The minimum absolute atomic E-state index is 0.0466. The number of carbonyl (C=O) groups is 2. The first kappa shape index (κ1) is 19.2. The van der Waals surface area contributed by atoms with Crippen LogP contribution in [0.3, 0.4) is 0 Å². The number of carbonyl (C=O) groups excluding carboxylic acids is 2. The summed E-state index contributed by atoms with van der Waals surface area (Å²) in [6, 6.07) is 16.7. The monoisotopic (exact) mass is 358 g/mol. The number of hydrogen-bond donors (Lipinski definition) is 1. The zero-order valence-electron chi connectivity index (χ0n) is 14.5. The molecule has 0 heterocycles.